The molecule has 0 aromatic heterocycles. The van der Waals surface area contributed by atoms with Crippen LogP contribution in [-0.4, -0.2) is 37.3 Å². The number of methoxy groups -OCH3 is 2. The van der Waals surface area contributed by atoms with Crippen LogP contribution in [0.2, 0.25) is 0 Å². The third kappa shape index (κ3) is 3.44. The smallest absolute Gasteiger partial charge is 0.124 e. The molecule has 1 saturated carbocycles. The molecule has 1 aliphatic carbocycles. The molecule has 4 rings (SSSR count). The Morgan fingerprint density at radius 1 is 1.07 bits per heavy atom. The molecular formula is C23H29NO3. The van der Waals surface area contributed by atoms with Gasteiger partial charge in [-0.1, -0.05) is 30.3 Å². The summed E-state index contributed by atoms with van der Waals surface area (Å²) in [5, 5.41) is 11.8. The summed E-state index contributed by atoms with van der Waals surface area (Å²) in [6, 6.07) is 16.2. The highest BCUT2D eigenvalue weighted by Gasteiger charge is 2.50. The van der Waals surface area contributed by atoms with Gasteiger partial charge in [-0.3, -0.25) is 4.90 Å². The number of likely N-dealkylation sites (tertiary alicyclic amines) is 1. The maximum absolute atomic E-state index is 11.8. The standard InChI is InChI=1S/C23H29NO3/c1-26-19-9-5-7-17(13-19)14-24-15-18-8-6-12-23(25,21(18)16-24)20-10-3-4-11-22(20)27-2/h3-5,7,9-11,13,18,21,25H,6,8,12,14-16H2,1-2H3/t18-,21+,23+/m0/s1. The lowest BCUT2D eigenvalue weighted by Crippen LogP contribution is -2.43. The van der Waals surface area contributed by atoms with Crippen molar-refractivity contribution >= 4 is 0 Å². The van der Waals surface area contributed by atoms with Gasteiger partial charge in [0, 0.05) is 31.1 Å². The Balaban J connectivity index is 1.56. The molecule has 2 aliphatic rings. The monoisotopic (exact) mass is 367 g/mol. The first-order valence-corrected chi connectivity index (χ1v) is 9.85. The lowest BCUT2D eigenvalue weighted by molar-refractivity contribution is -0.0662. The Hall–Kier alpha value is -2.04. The fourth-order valence-corrected chi connectivity index (χ4v) is 5.11. The molecule has 1 aliphatic heterocycles. The third-order valence-corrected chi connectivity index (χ3v) is 6.38. The minimum absolute atomic E-state index is 0.244. The minimum atomic E-state index is -0.807. The zero-order chi connectivity index (χ0) is 18.9. The Labute approximate surface area is 161 Å². The Morgan fingerprint density at radius 3 is 2.74 bits per heavy atom. The number of para-hydroxylation sites is 1. The summed E-state index contributed by atoms with van der Waals surface area (Å²) in [6.45, 7) is 2.85. The van der Waals surface area contributed by atoms with E-state index in [0.717, 1.165) is 49.5 Å². The van der Waals surface area contributed by atoms with Crippen molar-refractivity contribution in [3.05, 3.63) is 59.7 Å². The molecule has 0 bridgehead atoms. The molecule has 2 fully saturated rings. The van der Waals surface area contributed by atoms with Gasteiger partial charge in [-0.05, 0) is 48.9 Å². The zero-order valence-electron chi connectivity index (χ0n) is 16.2. The molecule has 1 heterocycles. The van der Waals surface area contributed by atoms with Gasteiger partial charge in [0.2, 0.25) is 0 Å². The SMILES string of the molecule is COc1cccc(CN2C[C@@H]3CCC[C@@](O)(c4ccccc4OC)[C@@H]3C2)c1. The molecular weight excluding hydrogens is 338 g/mol. The normalized spacial score (nSPS) is 28.0. The minimum Gasteiger partial charge on any atom is -0.497 e. The number of rotatable bonds is 5. The van der Waals surface area contributed by atoms with Crippen molar-refractivity contribution in [1.82, 2.24) is 4.90 Å². The van der Waals surface area contributed by atoms with E-state index in [2.05, 4.69) is 17.0 Å². The summed E-state index contributed by atoms with van der Waals surface area (Å²) in [5.41, 5.74) is 1.40. The van der Waals surface area contributed by atoms with Crippen LogP contribution in [0.3, 0.4) is 0 Å². The Kier molecular flexibility index (Phi) is 5.11. The van der Waals surface area contributed by atoms with Crippen molar-refractivity contribution in [3.8, 4) is 11.5 Å². The van der Waals surface area contributed by atoms with E-state index in [9.17, 15) is 5.11 Å². The second-order valence-electron chi connectivity index (χ2n) is 7.93. The molecule has 3 atom stereocenters. The van der Waals surface area contributed by atoms with E-state index in [-0.39, 0.29) is 5.92 Å². The second kappa shape index (κ2) is 7.53. The first kappa shape index (κ1) is 18.3. The lowest BCUT2D eigenvalue weighted by Gasteiger charge is -2.42. The lowest BCUT2D eigenvalue weighted by atomic mass is 9.67. The van der Waals surface area contributed by atoms with E-state index in [1.165, 1.54) is 12.0 Å². The number of nitrogens with zero attached hydrogens (tertiary/aromatic N) is 1. The van der Waals surface area contributed by atoms with Gasteiger partial charge in [-0.2, -0.15) is 0 Å². The molecule has 144 valence electrons. The number of hydrogen-bond donors (Lipinski definition) is 1. The van der Waals surface area contributed by atoms with Crippen LogP contribution in [-0.2, 0) is 12.1 Å². The van der Waals surface area contributed by atoms with Crippen molar-refractivity contribution in [2.75, 3.05) is 27.3 Å². The molecule has 0 spiro atoms. The van der Waals surface area contributed by atoms with E-state index < -0.39 is 5.60 Å². The van der Waals surface area contributed by atoms with Crippen LogP contribution in [0.1, 0.15) is 30.4 Å². The first-order chi connectivity index (χ1) is 13.1. The van der Waals surface area contributed by atoms with Gasteiger partial charge in [-0.15, -0.1) is 0 Å². The van der Waals surface area contributed by atoms with Gasteiger partial charge in [0.25, 0.3) is 0 Å². The summed E-state index contributed by atoms with van der Waals surface area (Å²) in [7, 11) is 3.39. The molecule has 0 amide bonds. The zero-order valence-corrected chi connectivity index (χ0v) is 16.2. The highest BCUT2D eigenvalue weighted by Crippen LogP contribution is 2.50. The molecule has 0 unspecified atom stereocenters. The van der Waals surface area contributed by atoms with Crippen LogP contribution in [0.5, 0.6) is 11.5 Å². The Morgan fingerprint density at radius 2 is 1.93 bits per heavy atom. The van der Waals surface area contributed by atoms with Crippen LogP contribution in [0.15, 0.2) is 48.5 Å². The predicted molar refractivity (Wildman–Crippen MR) is 106 cm³/mol. The number of benzene rings is 2. The van der Waals surface area contributed by atoms with Crippen molar-refractivity contribution in [2.45, 2.75) is 31.4 Å². The topological polar surface area (TPSA) is 41.9 Å². The molecule has 2 aromatic carbocycles. The van der Waals surface area contributed by atoms with Crippen LogP contribution in [0.4, 0.5) is 0 Å². The van der Waals surface area contributed by atoms with Crippen LogP contribution >= 0.6 is 0 Å². The molecule has 0 radical (unpaired) electrons. The van der Waals surface area contributed by atoms with Crippen LogP contribution in [0, 0.1) is 11.8 Å². The molecule has 4 nitrogen and oxygen atoms in total. The number of ether oxygens (including phenoxy) is 2. The van der Waals surface area contributed by atoms with Gasteiger partial charge in [0.15, 0.2) is 0 Å². The number of hydrogen-bond acceptors (Lipinski definition) is 4. The number of aliphatic hydroxyl groups is 1. The van der Waals surface area contributed by atoms with E-state index in [1.807, 2.05) is 36.4 Å². The van der Waals surface area contributed by atoms with Crippen molar-refractivity contribution in [2.24, 2.45) is 11.8 Å². The maximum atomic E-state index is 11.8. The van der Waals surface area contributed by atoms with Gasteiger partial charge in [0.05, 0.1) is 19.8 Å². The van der Waals surface area contributed by atoms with Crippen LogP contribution < -0.4 is 9.47 Å². The van der Waals surface area contributed by atoms with Gasteiger partial charge >= 0.3 is 0 Å². The van der Waals surface area contributed by atoms with Crippen molar-refractivity contribution < 1.29 is 14.6 Å². The van der Waals surface area contributed by atoms with E-state index in [1.54, 1.807) is 14.2 Å². The summed E-state index contributed by atoms with van der Waals surface area (Å²) < 4.78 is 10.9. The average Bonchev–Trinajstić information content (AvgIpc) is 3.12. The van der Waals surface area contributed by atoms with Gasteiger partial charge in [0.1, 0.15) is 11.5 Å². The first-order valence-electron chi connectivity index (χ1n) is 9.85. The van der Waals surface area contributed by atoms with E-state index in [0.29, 0.717) is 5.92 Å². The third-order valence-electron chi connectivity index (χ3n) is 6.38. The quantitative estimate of drug-likeness (QED) is 0.872. The summed E-state index contributed by atoms with van der Waals surface area (Å²) in [5.74, 6) is 2.47. The van der Waals surface area contributed by atoms with Crippen molar-refractivity contribution in [1.29, 1.82) is 0 Å². The molecule has 1 N–H and O–H groups in total. The maximum Gasteiger partial charge on any atom is 0.124 e. The fourth-order valence-electron chi connectivity index (χ4n) is 5.11. The number of fused-ring (bicyclic) bond motifs is 1. The van der Waals surface area contributed by atoms with Gasteiger partial charge < -0.3 is 14.6 Å². The van der Waals surface area contributed by atoms with Crippen molar-refractivity contribution in [3.63, 3.8) is 0 Å². The average molecular weight is 367 g/mol. The summed E-state index contributed by atoms with van der Waals surface area (Å²) >= 11 is 0. The molecule has 2 aromatic rings. The molecule has 1 saturated heterocycles. The second-order valence-corrected chi connectivity index (χ2v) is 7.93. The van der Waals surface area contributed by atoms with Gasteiger partial charge in [-0.25, -0.2) is 0 Å². The predicted octanol–water partition coefficient (Wildman–Crippen LogP) is 3.82. The molecule has 4 heteroatoms. The van der Waals surface area contributed by atoms with Crippen LogP contribution in [0.25, 0.3) is 0 Å². The Bertz CT molecular complexity index is 793. The molecule has 27 heavy (non-hydrogen) atoms. The highest BCUT2D eigenvalue weighted by molar-refractivity contribution is 5.39. The summed E-state index contributed by atoms with van der Waals surface area (Å²) in [6.07, 6.45) is 3.06. The van der Waals surface area contributed by atoms with E-state index >= 15 is 0 Å². The van der Waals surface area contributed by atoms with E-state index in [4.69, 9.17) is 9.47 Å². The summed E-state index contributed by atoms with van der Waals surface area (Å²) in [4.78, 5) is 2.48. The fraction of sp³-hybridized carbons (Fsp3) is 0.478. The largest absolute Gasteiger partial charge is 0.497 e. The highest BCUT2D eigenvalue weighted by atomic mass is 16.5.